The smallest absolute Gasteiger partial charge is 0.308 e. The maximum Gasteiger partial charge on any atom is 0.308 e. The summed E-state index contributed by atoms with van der Waals surface area (Å²) >= 11 is 1.26. The van der Waals surface area contributed by atoms with Crippen LogP contribution in [0.4, 0.5) is 0 Å². The molecule has 0 radical (unpaired) electrons. The molecule has 1 aliphatic rings. The average Bonchev–Trinajstić information content (AvgIpc) is 3.12. The molecule has 7 nitrogen and oxygen atoms in total. The van der Waals surface area contributed by atoms with Gasteiger partial charge in [-0.25, -0.2) is 4.98 Å². The van der Waals surface area contributed by atoms with Gasteiger partial charge in [0.2, 0.25) is 0 Å². The van der Waals surface area contributed by atoms with Crippen LogP contribution in [-0.2, 0) is 16.1 Å². The summed E-state index contributed by atoms with van der Waals surface area (Å²) in [6.45, 7) is 3.24. The van der Waals surface area contributed by atoms with Gasteiger partial charge in [0.25, 0.3) is 11.5 Å². The summed E-state index contributed by atoms with van der Waals surface area (Å²) in [5.41, 5.74) is 1.55. The predicted octanol–water partition coefficient (Wildman–Crippen LogP) is 2.84. The molecule has 3 heterocycles. The molecule has 1 aromatic carbocycles. The van der Waals surface area contributed by atoms with Crippen molar-refractivity contribution in [3.63, 3.8) is 0 Å². The van der Waals surface area contributed by atoms with E-state index in [0.717, 1.165) is 5.56 Å². The second-order valence-electron chi connectivity index (χ2n) is 7.49. The number of nitrogens with zero attached hydrogens (tertiary/aromatic N) is 3. The summed E-state index contributed by atoms with van der Waals surface area (Å²) in [5.74, 6) is -0.481. The summed E-state index contributed by atoms with van der Waals surface area (Å²) in [7, 11) is 1.39. The van der Waals surface area contributed by atoms with Crippen LogP contribution in [0.15, 0.2) is 41.5 Å². The highest BCUT2D eigenvalue weighted by molar-refractivity contribution is 7.20. The number of benzene rings is 1. The predicted molar refractivity (Wildman–Crippen MR) is 115 cm³/mol. The van der Waals surface area contributed by atoms with E-state index in [9.17, 15) is 14.4 Å². The minimum atomic E-state index is -0.219. The van der Waals surface area contributed by atoms with E-state index in [0.29, 0.717) is 53.1 Å². The third kappa shape index (κ3) is 3.75. The van der Waals surface area contributed by atoms with Gasteiger partial charge < -0.3 is 9.64 Å². The standard InChI is InChI=1S/C22H23N3O4S/c1-14-17-19(23-13-25(20(17)26)12-15-6-4-3-5-7-15)30-18(14)21(27)24-10-8-16(9-11-24)22(28)29-2/h3-7,13,16H,8-12H2,1-2H3. The van der Waals surface area contributed by atoms with Gasteiger partial charge in [0.1, 0.15) is 4.83 Å². The SMILES string of the molecule is COC(=O)C1CCN(C(=O)c2sc3ncn(Cc4ccccc4)c(=O)c3c2C)CC1. The number of carbonyl (C=O) groups is 2. The molecule has 3 aromatic rings. The minimum absolute atomic E-state index is 0.104. The monoisotopic (exact) mass is 425 g/mol. The molecule has 0 atom stereocenters. The van der Waals surface area contributed by atoms with Crippen LogP contribution in [0.25, 0.3) is 10.2 Å². The number of aromatic nitrogens is 2. The van der Waals surface area contributed by atoms with Gasteiger partial charge in [-0.05, 0) is 30.9 Å². The Labute approximate surface area is 177 Å². The average molecular weight is 426 g/mol. The number of ether oxygens (including phenoxy) is 1. The molecular formula is C22H23N3O4S. The molecule has 0 N–H and O–H groups in total. The molecule has 1 aliphatic heterocycles. The van der Waals surface area contributed by atoms with Crippen molar-refractivity contribution in [3.8, 4) is 0 Å². The first-order chi connectivity index (χ1) is 14.5. The van der Waals surface area contributed by atoms with Crippen molar-refractivity contribution in [1.82, 2.24) is 14.5 Å². The zero-order valence-corrected chi connectivity index (χ0v) is 17.8. The number of hydrogen-bond donors (Lipinski definition) is 0. The van der Waals surface area contributed by atoms with Crippen LogP contribution < -0.4 is 5.56 Å². The molecule has 0 spiro atoms. The number of likely N-dealkylation sites (tertiary alicyclic amines) is 1. The highest BCUT2D eigenvalue weighted by Gasteiger charge is 2.30. The fourth-order valence-corrected chi connectivity index (χ4v) is 4.99. The normalized spacial score (nSPS) is 14.8. The molecule has 0 bridgehead atoms. The number of esters is 1. The van der Waals surface area contributed by atoms with Crippen LogP contribution in [0.2, 0.25) is 0 Å². The lowest BCUT2D eigenvalue weighted by Gasteiger charge is -2.30. The third-order valence-electron chi connectivity index (χ3n) is 5.62. The maximum absolute atomic E-state index is 13.1. The second-order valence-corrected chi connectivity index (χ2v) is 8.49. The van der Waals surface area contributed by atoms with Crippen molar-refractivity contribution in [3.05, 3.63) is 63.0 Å². The zero-order chi connectivity index (χ0) is 21.3. The maximum atomic E-state index is 13.1. The van der Waals surface area contributed by atoms with Crippen LogP contribution in [0.1, 0.15) is 33.6 Å². The Morgan fingerprint density at radius 3 is 2.57 bits per heavy atom. The largest absolute Gasteiger partial charge is 0.469 e. The molecule has 2 aromatic heterocycles. The number of methoxy groups -OCH3 is 1. The van der Waals surface area contributed by atoms with Gasteiger partial charge in [-0.1, -0.05) is 30.3 Å². The third-order valence-corrected chi connectivity index (χ3v) is 6.81. The van der Waals surface area contributed by atoms with Crippen LogP contribution in [0, 0.1) is 12.8 Å². The lowest BCUT2D eigenvalue weighted by molar-refractivity contribution is -0.146. The quantitative estimate of drug-likeness (QED) is 0.601. The van der Waals surface area contributed by atoms with E-state index in [1.165, 1.54) is 18.4 Å². The van der Waals surface area contributed by atoms with Gasteiger partial charge in [0.05, 0.1) is 36.2 Å². The Balaban J connectivity index is 1.59. The van der Waals surface area contributed by atoms with E-state index in [1.54, 1.807) is 15.8 Å². The number of carbonyl (C=O) groups excluding carboxylic acids is 2. The lowest BCUT2D eigenvalue weighted by atomic mass is 9.97. The first-order valence-corrected chi connectivity index (χ1v) is 10.7. The second kappa shape index (κ2) is 8.39. The van der Waals surface area contributed by atoms with Crippen LogP contribution >= 0.6 is 11.3 Å². The Morgan fingerprint density at radius 2 is 1.90 bits per heavy atom. The molecule has 156 valence electrons. The number of amides is 1. The first-order valence-electron chi connectivity index (χ1n) is 9.89. The van der Waals surface area contributed by atoms with E-state index in [4.69, 9.17) is 4.74 Å². The van der Waals surface area contributed by atoms with E-state index in [2.05, 4.69) is 4.98 Å². The van der Waals surface area contributed by atoms with Crippen molar-refractivity contribution in [1.29, 1.82) is 0 Å². The Bertz CT molecular complexity index is 1140. The van der Waals surface area contributed by atoms with Gasteiger partial charge in [0.15, 0.2) is 0 Å². The van der Waals surface area contributed by atoms with Gasteiger partial charge in [-0.3, -0.25) is 19.0 Å². The number of hydrogen-bond acceptors (Lipinski definition) is 6. The summed E-state index contributed by atoms with van der Waals surface area (Å²) < 4.78 is 6.39. The highest BCUT2D eigenvalue weighted by Crippen LogP contribution is 2.29. The molecule has 0 unspecified atom stereocenters. The molecule has 0 aliphatic carbocycles. The van der Waals surface area contributed by atoms with Gasteiger partial charge in [-0.2, -0.15) is 0 Å². The van der Waals surface area contributed by atoms with E-state index in [-0.39, 0.29) is 23.4 Å². The summed E-state index contributed by atoms with van der Waals surface area (Å²) in [6.07, 6.45) is 2.72. The topological polar surface area (TPSA) is 81.5 Å². The number of rotatable bonds is 4. The summed E-state index contributed by atoms with van der Waals surface area (Å²) in [5, 5.41) is 0.506. The summed E-state index contributed by atoms with van der Waals surface area (Å²) in [4.78, 5) is 45.2. The number of thiophene rings is 1. The van der Waals surface area contributed by atoms with Crippen molar-refractivity contribution >= 4 is 33.4 Å². The van der Waals surface area contributed by atoms with Gasteiger partial charge in [-0.15, -0.1) is 11.3 Å². The zero-order valence-electron chi connectivity index (χ0n) is 17.0. The summed E-state index contributed by atoms with van der Waals surface area (Å²) in [6, 6.07) is 9.72. The van der Waals surface area contributed by atoms with Crippen molar-refractivity contribution in [2.75, 3.05) is 20.2 Å². The van der Waals surface area contributed by atoms with E-state index >= 15 is 0 Å². The fourth-order valence-electron chi connectivity index (χ4n) is 3.88. The van der Waals surface area contributed by atoms with Gasteiger partial charge >= 0.3 is 5.97 Å². The molecule has 4 rings (SSSR count). The minimum Gasteiger partial charge on any atom is -0.469 e. The Morgan fingerprint density at radius 1 is 1.20 bits per heavy atom. The van der Waals surface area contributed by atoms with Crippen LogP contribution in [0.3, 0.4) is 0 Å². The number of aryl methyl sites for hydroxylation is 1. The molecule has 8 heteroatoms. The molecule has 30 heavy (non-hydrogen) atoms. The van der Waals surface area contributed by atoms with Crippen LogP contribution in [-0.4, -0.2) is 46.5 Å². The first kappa shape index (κ1) is 20.3. The number of fused-ring (bicyclic) bond motifs is 1. The fraction of sp³-hybridized carbons (Fsp3) is 0.364. The molecule has 1 fully saturated rings. The number of piperidine rings is 1. The molecule has 1 amide bonds. The van der Waals surface area contributed by atoms with Crippen molar-refractivity contribution in [2.45, 2.75) is 26.3 Å². The Kier molecular flexibility index (Phi) is 5.67. The van der Waals surface area contributed by atoms with Crippen LogP contribution in [0.5, 0.6) is 0 Å². The van der Waals surface area contributed by atoms with Crippen molar-refractivity contribution < 1.29 is 14.3 Å². The molecule has 1 saturated heterocycles. The van der Waals surface area contributed by atoms with E-state index < -0.39 is 0 Å². The van der Waals surface area contributed by atoms with Crippen molar-refractivity contribution in [2.24, 2.45) is 5.92 Å². The van der Waals surface area contributed by atoms with E-state index in [1.807, 2.05) is 37.3 Å². The lowest BCUT2D eigenvalue weighted by Crippen LogP contribution is -2.40. The highest BCUT2D eigenvalue weighted by atomic mass is 32.1. The Hall–Kier alpha value is -3.00. The van der Waals surface area contributed by atoms with Gasteiger partial charge in [0, 0.05) is 13.1 Å². The molecule has 0 saturated carbocycles. The molecular weight excluding hydrogens is 402 g/mol.